The molecular weight excluding hydrogens is 330 g/mol. The summed E-state index contributed by atoms with van der Waals surface area (Å²) in [7, 11) is 0. The van der Waals surface area contributed by atoms with E-state index < -0.39 is 0 Å². The molecule has 0 saturated heterocycles. The normalized spacial score (nSPS) is 11.7. The minimum absolute atomic E-state index is 0.265. The molecule has 0 fully saturated rings. The second-order valence-corrected chi connectivity index (χ2v) is 5.69. The van der Waals surface area contributed by atoms with E-state index in [2.05, 4.69) is 31.0 Å². The molecule has 0 radical (unpaired) electrons. The number of hydrogen-bond donors (Lipinski definition) is 2. The van der Waals surface area contributed by atoms with Crippen LogP contribution in [0.4, 0.5) is 0 Å². The average molecular weight is 345 g/mol. The second kappa shape index (κ2) is 6.60. The van der Waals surface area contributed by atoms with E-state index in [1.54, 1.807) is 10.9 Å². The molecule has 26 heavy (non-hydrogen) atoms. The van der Waals surface area contributed by atoms with Crippen molar-refractivity contribution in [3.05, 3.63) is 72.2 Å². The Balaban J connectivity index is 1.55. The SMILES string of the molecule is C/C(=N/NC(=O)c1c[nH]c2ccccc12)c1cccc(-n2cnnn2)c1. The smallest absolute Gasteiger partial charge is 0.273 e. The summed E-state index contributed by atoms with van der Waals surface area (Å²) in [4.78, 5) is 15.5. The summed E-state index contributed by atoms with van der Waals surface area (Å²) in [5, 5.41) is 16.2. The van der Waals surface area contributed by atoms with Crippen molar-refractivity contribution in [1.29, 1.82) is 0 Å². The molecule has 128 valence electrons. The predicted octanol–water partition coefficient (Wildman–Crippen LogP) is 2.30. The van der Waals surface area contributed by atoms with Crippen molar-refractivity contribution >= 4 is 22.5 Å². The van der Waals surface area contributed by atoms with E-state index in [0.717, 1.165) is 22.2 Å². The van der Waals surface area contributed by atoms with E-state index in [0.29, 0.717) is 11.3 Å². The maximum absolute atomic E-state index is 12.4. The maximum atomic E-state index is 12.4. The van der Waals surface area contributed by atoms with Gasteiger partial charge < -0.3 is 4.98 Å². The van der Waals surface area contributed by atoms with E-state index in [1.807, 2.05) is 55.5 Å². The molecule has 0 saturated carbocycles. The summed E-state index contributed by atoms with van der Waals surface area (Å²) < 4.78 is 1.56. The van der Waals surface area contributed by atoms with Gasteiger partial charge in [-0.3, -0.25) is 4.79 Å². The first-order valence-corrected chi connectivity index (χ1v) is 7.97. The monoisotopic (exact) mass is 345 g/mol. The van der Waals surface area contributed by atoms with Gasteiger partial charge in [0, 0.05) is 17.1 Å². The molecule has 4 aromatic rings. The summed E-state index contributed by atoms with van der Waals surface area (Å²) in [6.45, 7) is 1.83. The number of nitrogens with one attached hydrogen (secondary N) is 2. The van der Waals surface area contributed by atoms with Gasteiger partial charge in [-0.2, -0.15) is 5.10 Å². The fourth-order valence-corrected chi connectivity index (χ4v) is 2.67. The van der Waals surface area contributed by atoms with Gasteiger partial charge in [0.2, 0.25) is 0 Å². The van der Waals surface area contributed by atoms with E-state index in [4.69, 9.17) is 0 Å². The summed E-state index contributed by atoms with van der Waals surface area (Å²) in [6.07, 6.45) is 3.20. The molecule has 0 aliphatic carbocycles. The third-order valence-electron chi connectivity index (χ3n) is 4.04. The van der Waals surface area contributed by atoms with Crippen molar-refractivity contribution in [2.45, 2.75) is 6.92 Å². The number of aromatic nitrogens is 5. The van der Waals surface area contributed by atoms with Crippen LogP contribution < -0.4 is 5.43 Å². The van der Waals surface area contributed by atoms with Crippen LogP contribution in [0.25, 0.3) is 16.6 Å². The van der Waals surface area contributed by atoms with E-state index in [-0.39, 0.29) is 5.91 Å². The second-order valence-electron chi connectivity index (χ2n) is 5.69. The molecule has 2 N–H and O–H groups in total. The molecule has 1 amide bonds. The minimum atomic E-state index is -0.265. The van der Waals surface area contributed by atoms with Crippen molar-refractivity contribution < 1.29 is 4.79 Å². The standard InChI is InChI=1S/C18H15N7O/c1-12(13-5-4-6-14(9-13)25-11-20-23-24-25)21-22-18(26)16-10-19-17-8-3-2-7-15(16)17/h2-11,19H,1H3,(H,22,26)/b21-12-. The molecule has 2 aromatic heterocycles. The molecule has 0 atom stereocenters. The first kappa shape index (κ1) is 15.7. The number of amides is 1. The third kappa shape index (κ3) is 2.95. The Kier molecular flexibility index (Phi) is 3.98. The highest BCUT2D eigenvalue weighted by atomic mass is 16.2. The lowest BCUT2D eigenvalue weighted by molar-refractivity contribution is 0.0956. The zero-order chi connectivity index (χ0) is 17.9. The van der Waals surface area contributed by atoms with Crippen LogP contribution in [0.3, 0.4) is 0 Å². The number of carbonyl (C=O) groups excluding carboxylic acids is 1. The molecule has 0 aliphatic rings. The fraction of sp³-hybridized carbons (Fsp3) is 0.0556. The summed E-state index contributed by atoms with van der Waals surface area (Å²) in [6, 6.07) is 15.2. The number of nitrogens with zero attached hydrogens (tertiary/aromatic N) is 5. The lowest BCUT2D eigenvalue weighted by atomic mass is 10.1. The summed E-state index contributed by atoms with van der Waals surface area (Å²) >= 11 is 0. The molecule has 0 unspecified atom stereocenters. The Hall–Kier alpha value is -3.81. The maximum Gasteiger partial charge on any atom is 0.273 e. The Bertz CT molecular complexity index is 1100. The number of H-pyrrole nitrogens is 1. The quantitative estimate of drug-likeness (QED) is 0.438. The average Bonchev–Trinajstić information content (AvgIpc) is 3.36. The first-order valence-electron chi connectivity index (χ1n) is 7.97. The highest BCUT2D eigenvalue weighted by molar-refractivity contribution is 6.07. The van der Waals surface area contributed by atoms with Gasteiger partial charge in [-0.25, -0.2) is 10.1 Å². The fourth-order valence-electron chi connectivity index (χ4n) is 2.67. The van der Waals surface area contributed by atoms with Crippen LogP contribution in [-0.4, -0.2) is 36.8 Å². The Labute approximate surface area is 148 Å². The summed E-state index contributed by atoms with van der Waals surface area (Å²) in [5.74, 6) is -0.265. The molecule has 0 aliphatic heterocycles. The van der Waals surface area contributed by atoms with Crippen molar-refractivity contribution in [2.75, 3.05) is 0 Å². The Morgan fingerprint density at radius 2 is 2.08 bits per heavy atom. The van der Waals surface area contributed by atoms with Crippen LogP contribution in [0, 0.1) is 0 Å². The first-order chi connectivity index (χ1) is 12.7. The van der Waals surface area contributed by atoms with Crippen LogP contribution in [-0.2, 0) is 0 Å². The van der Waals surface area contributed by atoms with Gasteiger partial charge in [0.1, 0.15) is 6.33 Å². The Morgan fingerprint density at radius 1 is 1.19 bits per heavy atom. The lowest BCUT2D eigenvalue weighted by Gasteiger charge is -2.05. The van der Waals surface area contributed by atoms with Gasteiger partial charge >= 0.3 is 0 Å². The molecule has 0 bridgehead atoms. The number of rotatable bonds is 4. The predicted molar refractivity (Wildman–Crippen MR) is 97.1 cm³/mol. The van der Waals surface area contributed by atoms with Crippen molar-refractivity contribution in [2.24, 2.45) is 5.10 Å². The van der Waals surface area contributed by atoms with Gasteiger partial charge in [-0.05, 0) is 41.1 Å². The van der Waals surface area contributed by atoms with E-state index >= 15 is 0 Å². The van der Waals surface area contributed by atoms with Gasteiger partial charge in [0.05, 0.1) is 17.0 Å². The van der Waals surface area contributed by atoms with Crippen LogP contribution in [0.1, 0.15) is 22.8 Å². The molecule has 0 spiro atoms. The minimum Gasteiger partial charge on any atom is -0.360 e. The number of hydrogen-bond acceptors (Lipinski definition) is 5. The van der Waals surface area contributed by atoms with E-state index in [1.165, 1.54) is 6.33 Å². The third-order valence-corrected chi connectivity index (χ3v) is 4.04. The number of fused-ring (bicyclic) bond motifs is 1. The van der Waals surface area contributed by atoms with Crippen LogP contribution in [0.2, 0.25) is 0 Å². The topological polar surface area (TPSA) is 101 Å². The molecule has 8 nitrogen and oxygen atoms in total. The largest absolute Gasteiger partial charge is 0.360 e. The lowest BCUT2D eigenvalue weighted by Crippen LogP contribution is -2.19. The number of para-hydroxylation sites is 1. The number of aromatic amines is 1. The van der Waals surface area contributed by atoms with Gasteiger partial charge in [0.15, 0.2) is 0 Å². The zero-order valence-corrected chi connectivity index (χ0v) is 13.9. The number of carbonyl (C=O) groups is 1. The highest BCUT2D eigenvalue weighted by Gasteiger charge is 2.11. The van der Waals surface area contributed by atoms with Crippen molar-refractivity contribution in [3.63, 3.8) is 0 Å². The molecule has 8 heteroatoms. The van der Waals surface area contributed by atoms with E-state index in [9.17, 15) is 4.79 Å². The highest BCUT2D eigenvalue weighted by Crippen LogP contribution is 2.17. The van der Waals surface area contributed by atoms with Crippen LogP contribution in [0.5, 0.6) is 0 Å². The zero-order valence-electron chi connectivity index (χ0n) is 13.9. The van der Waals surface area contributed by atoms with Gasteiger partial charge in [0.25, 0.3) is 5.91 Å². The molecular formula is C18H15N7O. The number of hydrazone groups is 1. The molecule has 2 aromatic carbocycles. The van der Waals surface area contributed by atoms with Crippen LogP contribution >= 0.6 is 0 Å². The molecule has 4 rings (SSSR count). The van der Waals surface area contributed by atoms with Gasteiger partial charge in [-0.1, -0.05) is 30.3 Å². The van der Waals surface area contributed by atoms with Gasteiger partial charge in [-0.15, -0.1) is 5.10 Å². The number of benzene rings is 2. The van der Waals surface area contributed by atoms with Crippen molar-refractivity contribution in [3.8, 4) is 5.69 Å². The van der Waals surface area contributed by atoms with Crippen LogP contribution in [0.15, 0.2) is 66.2 Å². The Morgan fingerprint density at radius 3 is 2.92 bits per heavy atom. The summed E-state index contributed by atoms with van der Waals surface area (Å²) in [5.41, 5.74) is 6.42. The van der Waals surface area contributed by atoms with Crippen molar-refractivity contribution in [1.82, 2.24) is 30.6 Å². The number of tetrazole rings is 1. The molecule has 2 heterocycles.